The SMILES string of the molecule is COCCC(=O)N[C@@]1(C)C[C@H](c2cccc(OC)c2F)O[C@@H]2C[C@H](C)CC[C@H]21. The van der Waals surface area contributed by atoms with Crippen LogP contribution in [0.15, 0.2) is 18.2 Å². The lowest BCUT2D eigenvalue weighted by molar-refractivity contribution is -0.154. The van der Waals surface area contributed by atoms with Gasteiger partial charge in [-0.05, 0) is 31.7 Å². The molecule has 0 radical (unpaired) electrons. The van der Waals surface area contributed by atoms with Crippen LogP contribution in [0.2, 0.25) is 0 Å². The van der Waals surface area contributed by atoms with E-state index in [1.54, 1.807) is 25.3 Å². The summed E-state index contributed by atoms with van der Waals surface area (Å²) in [6, 6.07) is 5.14. The first-order chi connectivity index (χ1) is 13.4. The van der Waals surface area contributed by atoms with Crippen molar-refractivity contribution >= 4 is 5.91 Å². The number of methoxy groups -OCH3 is 2. The molecule has 1 heterocycles. The number of benzene rings is 1. The molecule has 5 nitrogen and oxygen atoms in total. The Morgan fingerprint density at radius 3 is 2.86 bits per heavy atom. The summed E-state index contributed by atoms with van der Waals surface area (Å²) in [6.45, 7) is 4.69. The monoisotopic (exact) mass is 393 g/mol. The number of hydrogen-bond donors (Lipinski definition) is 1. The normalized spacial score (nSPS) is 32.5. The Kier molecular flexibility index (Phi) is 6.61. The topological polar surface area (TPSA) is 56.8 Å². The second-order valence-electron chi connectivity index (χ2n) is 8.46. The molecule has 2 aliphatic rings. The third-order valence-corrected chi connectivity index (χ3v) is 6.34. The average Bonchev–Trinajstić information content (AvgIpc) is 2.65. The maximum absolute atomic E-state index is 14.9. The van der Waals surface area contributed by atoms with Gasteiger partial charge in [-0.15, -0.1) is 0 Å². The van der Waals surface area contributed by atoms with Gasteiger partial charge in [-0.25, -0.2) is 4.39 Å². The standard InChI is InChI=1S/C22H32FNO4/c1-14-8-9-16-18(12-14)28-19(15-6-5-7-17(27-4)21(15)23)13-22(16,2)24-20(25)10-11-26-3/h5-7,14,16,18-19H,8-13H2,1-4H3,(H,24,25)/t14-,16-,18-,19-,22+/m1/s1. The second kappa shape index (κ2) is 8.78. The fraction of sp³-hybridized carbons (Fsp3) is 0.682. The molecule has 1 aromatic rings. The zero-order chi connectivity index (χ0) is 20.3. The van der Waals surface area contributed by atoms with Crippen LogP contribution >= 0.6 is 0 Å². The van der Waals surface area contributed by atoms with Gasteiger partial charge < -0.3 is 19.5 Å². The van der Waals surface area contributed by atoms with Crippen LogP contribution in [0.5, 0.6) is 5.75 Å². The third kappa shape index (κ3) is 4.33. The molecule has 1 aromatic carbocycles. The summed E-state index contributed by atoms with van der Waals surface area (Å²) in [4.78, 5) is 12.5. The van der Waals surface area contributed by atoms with Crippen LogP contribution in [0.1, 0.15) is 57.6 Å². The van der Waals surface area contributed by atoms with Crippen LogP contribution in [0.3, 0.4) is 0 Å². The van der Waals surface area contributed by atoms with Gasteiger partial charge in [0.15, 0.2) is 11.6 Å². The summed E-state index contributed by atoms with van der Waals surface area (Å²) in [5.41, 5.74) is 0.0435. The molecule has 1 amide bonds. The van der Waals surface area contributed by atoms with Crippen LogP contribution in [0.25, 0.3) is 0 Å². The molecule has 3 rings (SSSR count). The minimum atomic E-state index is -0.450. The summed E-state index contributed by atoms with van der Waals surface area (Å²) in [5.74, 6) is 0.577. The minimum Gasteiger partial charge on any atom is -0.494 e. The number of nitrogens with one attached hydrogen (secondary N) is 1. The van der Waals surface area contributed by atoms with E-state index in [1.165, 1.54) is 7.11 Å². The highest BCUT2D eigenvalue weighted by Gasteiger charge is 2.49. The van der Waals surface area contributed by atoms with E-state index in [-0.39, 0.29) is 29.5 Å². The fourth-order valence-corrected chi connectivity index (χ4v) is 4.84. The van der Waals surface area contributed by atoms with Crippen LogP contribution in [-0.2, 0) is 14.3 Å². The second-order valence-corrected chi connectivity index (χ2v) is 8.46. The number of carbonyl (C=O) groups is 1. The highest BCUT2D eigenvalue weighted by Crippen LogP contribution is 2.48. The summed E-state index contributed by atoms with van der Waals surface area (Å²) < 4.78 is 31.5. The average molecular weight is 393 g/mol. The molecule has 5 atom stereocenters. The van der Waals surface area contributed by atoms with Gasteiger partial charge in [0.1, 0.15) is 0 Å². The Balaban J connectivity index is 1.89. The molecule has 0 aromatic heterocycles. The van der Waals surface area contributed by atoms with E-state index < -0.39 is 11.6 Å². The van der Waals surface area contributed by atoms with Crippen molar-refractivity contribution < 1.29 is 23.4 Å². The van der Waals surface area contributed by atoms with Crippen molar-refractivity contribution in [2.24, 2.45) is 11.8 Å². The Hall–Kier alpha value is -1.66. The third-order valence-electron chi connectivity index (χ3n) is 6.34. The van der Waals surface area contributed by atoms with Crippen LogP contribution in [0.4, 0.5) is 4.39 Å². The van der Waals surface area contributed by atoms with E-state index >= 15 is 0 Å². The van der Waals surface area contributed by atoms with E-state index in [0.717, 1.165) is 19.3 Å². The largest absolute Gasteiger partial charge is 0.494 e. The Bertz CT molecular complexity index is 697. The first-order valence-corrected chi connectivity index (χ1v) is 10.2. The van der Waals surface area contributed by atoms with Gasteiger partial charge in [-0.1, -0.05) is 25.5 Å². The molecule has 156 valence electrons. The van der Waals surface area contributed by atoms with Crippen molar-refractivity contribution in [2.45, 2.75) is 63.7 Å². The van der Waals surface area contributed by atoms with Crippen molar-refractivity contribution in [3.8, 4) is 5.75 Å². The summed E-state index contributed by atoms with van der Waals surface area (Å²) in [6.07, 6.45) is 3.47. The lowest BCUT2D eigenvalue weighted by Crippen LogP contribution is -2.60. The van der Waals surface area contributed by atoms with Gasteiger partial charge in [-0.3, -0.25) is 4.79 Å². The molecule has 1 N–H and O–H groups in total. The fourth-order valence-electron chi connectivity index (χ4n) is 4.84. The smallest absolute Gasteiger partial charge is 0.222 e. The van der Waals surface area contributed by atoms with Crippen molar-refractivity contribution in [3.05, 3.63) is 29.6 Å². The molecule has 2 fully saturated rings. The lowest BCUT2D eigenvalue weighted by Gasteiger charge is -2.52. The van der Waals surface area contributed by atoms with E-state index in [4.69, 9.17) is 14.2 Å². The molecule has 0 unspecified atom stereocenters. The molecule has 0 bridgehead atoms. The van der Waals surface area contributed by atoms with E-state index in [9.17, 15) is 9.18 Å². The summed E-state index contributed by atoms with van der Waals surface area (Å²) in [5, 5.41) is 3.24. The van der Waals surface area contributed by atoms with Crippen molar-refractivity contribution in [1.82, 2.24) is 5.32 Å². The summed E-state index contributed by atoms with van der Waals surface area (Å²) in [7, 11) is 3.05. The van der Waals surface area contributed by atoms with E-state index in [1.807, 2.05) is 0 Å². The maximum atomic E-state index is 14.9. The molecule has 0 spiro atoms. The molecule has 28 heavy (non-hydrogen) atoms. The maximum Gasteiger partial charge on any atom is 0.222 e. The number of ether oxygens (including phenoxy) is 3. The van der Waals surface area contributed by atoms with Crippen molar-refractivity contribution in [1.29, 1.82) is 0 Å². The van der Waals surface area contributed by atoms with Gasteiger partial charge in [-0.2, -0.15) is 0 Å². The van der Waals surface area contributed by atoms with E-state index in [0.29, 0.717) is 30.9 Å². The van der Waals surface area contributed by atoms with Gasteiger partial charge in [0.25, 0.3) is 0 Å². The van der Waals surface area contributed by atoms with Crippen molar-refractivity contribution in [2.75, 3.05) is 20.8 Å². The molecule has 6 heteroatoms. The number of halogens is 1. The number of amides is 1. The zero-order valence-corrected chi connectivity index (χ0v) is 17.3. The zero-order valence-electron chi connectivity index (χ0n) is 17.3. The predicted molar refractivity (Wildman–Crippen MR) is 105 cm³/mol. The van der Waals surface area contributed by atoms with Crippen LogP contribution in [-0.4, -0.2) is 38.4 Å². The number of rotatable bonds is 6. The highest BCUT2D eigenvalue weighted by molar-refractivity contribution is 5.77. The van der Waals surface area contributed by atoms with Gasteiger partial charge in [0, 0.05) is 37.0 Å². The summed E-state index contributed by atoms with van der Waals surface area (Å²) >= 11 is 0. The molecular weight excluding hydrogens is 361 g/mol. The van der Waals surface area contributed by atoms with Gasteiger partial charge >= 0.3 is 0 Å². The molecule has 1 saturated carbocycles. The minimum absolute atomic E-state index is 0.000765. The molecule has 1 aliphatic carbocycles. The van der Waals surface area contributed by atoms with E-state index in [2.05, 4.69) is 19.2 Å². The van der Waals surface area contributed by atoms with Gasteiger partial charge in [0.2, 0.25) is 5.91 Å². The molecule has 1 aliphatic heterocycles. The van der Waals surface area contributed by atoms with Crippen molar-refractivity contribution in [3.63, 3.8) is 0 Å². The number of fused-ring (bicyclic) bond motifs is 1. The van der Waals surface area contributed by atoms with Crippen LogP contribution in [0, 0.1) is 17.7 Å². The number of carbonyl (C=O) groups excluding carboxylic acids is 1. The Labute approximate surface area is 166 Å². The van der Waals surface area contributed by atoms with Crippen LogP contribution < -0.4 is 10.1 Å². The quantitative estimate of drug-likeness (QED) is 0.793. The van der Waals surface area contributed by atoms with Gasteiger partial charge in [0.05, 0.1) is 25.9 Å². The first kappa shape index (κ1) is 21.1. The Morgan fingerprint density at radius 1 is 1.36 bits per heavy atom. The Morgan fingerprint density at radius 2 is 2.14 bits per heavy atom. The molecule has 1 saturated heterocycles. The predicted octanol–water partition coefficient (Wildman–Crippen LogP) is 4.01. The highest BCUT2D eigenvalue weighted by atomic mass is 19.1. The first-order valence-electron chi connectivity index (χ1n) is 10.2. The molecular formula is C22H32FNO4. The lowest BCUT2D eigenvalue weighted by atomic mass is 9.66. The number of hydrogen-bond acceptors (Lipinski definition) is 4.